The molecule has 0 saturated heterocycles. The Bertz CT molecular complexity index is 360. The van der Waals surface area contributed by atoms with Gasteiger partial charge in [0.25, 0.3) is 0 Å². The first kappa shape index (κ1) is 18.5. The first-order chi connectivity index (χ1) is 11.2. The SMILES string of the molecule is C=CC(C(=O)O)C1CCC([C@H]2CC[C@H](CCCCC)CC2)CC1. The minimum atomic E-state index is -0.684. The average Bonchev–Trinajstić information content (AvgIpc) is 2.57. The van der Waals surface area contributed by atoms with Crippen molar-refractivity contribution in [3.63, 3.8) is 0 Å². The molecule has 0 heterocycles. The smallest absolute Gasteiger partial charge is 0.310 e. The highest BCUT2D eigenvalue weighted by Gasteiger charge is 2.34. The fraction of sp³-hybridized carbons (Fsp3) is 0.857. The molecule has 2 nitrogen and oxygen atoms in total. The second-order valence-electron chi connectivity index (χ2n) is 8.05. The molecular formula is C21H36O2. The summed E-state index contributed by atoms with van der Waals surface area (Å²) in [6.07, 6.45) is 17.7. The summed E-state index contributed by atoms with van der Waals surface area (Å²) in [6, 6.07) is 0. The van der Waals surface area contributed by atoms with Crippen LogP contribution in [0.1, 0.15) is 84.0 Å². The van der Waals surface area contributed by atoms with Gasteiger partial charge >= 0.3 is 5.97 Å². The summed E-state index contributed by atoms with van der Waals surface area (Å²) in [5.74, 6) is 2.09. The van der Waals surface area contributed by atoms with Crippen LogP contribution in [-0.4, -0.2) is 11.1 Å². The molecule has 1 unspecified atom stereocenters. The van der Waals surface area contributed by atoms with Crippen LogP contribution in [0.15, 0.2) is 12.7 Å². The Hall–Kier alpha value is -0.790. The minimum absolute atomic E-state index is 0.326. The third-order valence-electron chi connectivity index (χ3n) is 6.64. The second kappa shape index (κ2) is 9.49. The van der Waals surface area contributed by atoms with E-state index in [1.54, 1.807) is 6.08 Å². The normalized spacial score (nSPS) is 33.1. The first-order valence-corrected chi connectivity index (χ1v) is 10.0. The molecule has 2 fully saturated rings. The molecule has 2 aliphatic carbocycles. The number of rotatable bonds is 8. The molecule has 0 aromatic carbocycles. The molecule has 23 heavy (non-hydrogen) atoms. The highest BCUT2D eigenvalue weighted by Crippen LogP contribution is 2.43. The summed E-state index contributed by atoms with van der Waals surface area (Å²) in [5.41, 5.74) is 0. The van der Waals surface area contributed by atoms with Crippen molar-refractivity contribution >= 4 is 5.97 Å². The van der Waals surface area contributed by atoms with Crippen molar-refractivity contribution in [2.24, 2.45) is 29.6 Å². The van der Waals surface area contributed by atoms with Crippen LogP contribution in [0, 0.1) is 29.6 Å². The highest BCUT2D eigenvalue weighted by atomic mass is 16.4. The predicted octanol–water partition coefficient (Wildman–Crippen LogP) is 6.07. The van der Waals surface area contributed by atoms with Gasteiger partial charge in [0, 0.05) is 0 Å². The molecule has 132 valence electrons. The van der Waals surface area contributed by atoms with Crippen molar-refractivity contribution in [2.45, 2.75) is 84.0 Å². The fourth-order valence-electron chi connectivity index (χ4n) is 5.10. The van der Waals surface area contributed by atoms with Gasteiger partial charge in [-0.1, -0.05) is 51.5 Å². The van der Waals surface area contributed by atoms with E-state index < -0.39 is 5.97 Å². The average molecular weight is 321 g/mol. The van der Waals surface area contributed by atoms with Crippen molar-refractivity contribution in [3.8, 4) is 0 Å². The van der Waals surface area contributed by atoms with Crippen LogP contribution >= 0.6 is 0 Å². The van der Waals surface area contributed by atoms with Crippen molar-refractivity contribution < 1.29 is 9.90 Å². The Balaban J connectivity index is 1.70. The zero-order chi connectivity index (χ0) is 16.7. The Morgan fingerprint density at radius 2 is 1.61 bits per heavy atom. The topological polar surface area (TPSA) is 37.3 Å². The number of carboxylic acids is 1. The van der Waals surface area contributed by atoms with Gasteiger partial charge in [-0.2, -0.15) is 0 Å². The third-order valence-corrected chi connectivity index (χ3v) is 6.64. The largest absolute Gasteiger partial charge is 0.481 e. The van der Waals surface area contributed by atoms with Crippen molar-refractivity contribution in [2.75, 3.05) is 0 Å². The molecule has 0 bridgehead atoms. The summed E-state index contributed by atoms with van der Waals surface area (Å²) in [5, 5.41) is 9.29. The van der Waals surface area contributed by atoms with Gasteiger partial charge in [-0.3, -0.25) is 4.79 Å². The lowest BCUT2D eigenvalue weighted by molar-refractivity contribution is -0.142. The second-order valence-corrected chi connectivity index (χ2v) is 8.05. The number of carboxylic acid groups (broad SMARTS) is 1. The van der Waals surface area contributed by atoms with Crippen LogP contribution in [0.3, 0.4) is 0 Å². The molecule has 2 saturated carbocycles. The van der Waals surface area contributed by atoms with Gasteiger partial charge < -0.3 is 5.11 Å². The van der Waals surface area contributed by atoms with Gasteiger partial charge in [0.1, 0.15) is 0 Å². The summed E-state index contributed by atoms with van der Waals surface area (Å²) < 4.78 is 0. The Morgan fingerprint density at radius 3 is 2.09 bits per heavy atom. The van der Waals surface area contributed by atoms with E-state index in [-0.39, 0.29) is 5.92 Å². The van der Waals surface area contributed by atoms with Gasteiger partial charge in [-0.15, -0.1) is 6.58 Å². The van der Waals surface area contributed by atoms with Crippen LogP contribution in [0.5, 0.6) is 0 Å². The lowest BCUT2D eigenvalue weighted by Crippen LogP contribution is -2.30. The number of aliphatic carboxylic acids is 1. The minimum Gasteiger partial charge on any atom is -0.481 e. The molecule has 1 atom stereocenters. The van der Waals surface area contributed by atoms with E-state index in [2.05, 4.69) is 13.5 Å². The number of hydrogen-bond donors (Lipinski definition) is 1. The van der Waals surface area contributed by atoms with Crippen LogP contribution in [0.2, 0.25) is 0 Å². The Morgan fingerprint density at radius 1 is 1.04 bits per heavy atom. The van der Waals surface area contributed by atoms with E-state index >= 15 is 0 Å². The molecule has 2 heteroatoms. The Labute approximate surface area is 142 Å². The summed E-state index contributed by atoms with van der Waals surface area (Å²) in [4.78, 5) is 11.3. The van der Waals surface area contributed by atoms with Crippen LogP contribution in [0.25, 0.3) is 0 Å². The van der Waals surface area contributed by atoms with Crippen molar-refractivity contribution in [1.29, 1.82) is 0 Å². The van der Waals surface area contributed by atoms with Crippen molar-refractivity contribution in [1.82, 2.24) is 0 Å². The molecule has 0 aromatic rings. The maximum Gasteiger partial charge on any atom is 0.310 e. The van der Waals surface area contributed by atoms with Crippen LogP contribution in [0.4, 0.5) is 0 Å². The number of unbranched alkanes of at least 4 members (excludes halogenated alkanes) is 2. The maximum atomic E-state index is 11.3. The molecule has 0 amide bonds. The van der Waals surface area contributed by atoms with E-state index in [0.717, 1.165) is 30.6 Å². The van der Waals surface area contributed by atoms with E-state index in [0.29, 0.717) is 5.92 Å². The number of carbonyl (C=O) groups is 1. The molecule has 1 N–H and O–H groups in total. The summed E-state index contributed by atoms with van der Waals surface area (Å²) >= 11 is 0. The van der Waals surface area contributed by atoms with Crippen LogP contribution < -0.4 is 0 Å². The van der Waals surface area contributed by atoms with E-state index in [4.69, 9.17) is 0 Å². The summed E-state index contributed by atoms with van der Waals surface area (Å²) in [7, 11) is 0. The van der Waals surface area contributed by atoms with Crippen molar-refractivity contribution in [3.05, 3.63) is 12.7 Å². The monoisotopic (exact) mass is 320 g/mol. The fourth-order valence-corrected chi connectivity index (χ4v) is 5.10. The predicted molar refractivity (Wildman–Crippen MR) is 96.4 cm³/mol. The Kier molecular flexibility index (Phi) is 7.65. The quantitative estimate of drug-likeness (QED) is 0.435. The van der Waals surface area contributed by atoms with E-state index in [9.17, 15) is 9.90 Å². The van der Waals surface area contributed by atoms with Gasteiger partial charge in [0.05, 0.1) is 5.92 Å². The molecular weight excluding hydrogens is 284 g/mol. The van der Waals surface area contributed by atoms with Gasteiger partial charge in [0.2, 0.25) is 0 Å². The standard InChI is InChI=1S/C21H36O2/c1-3-5-6-7-16-8-10-17(11-9-16)18-12-14-19(15-13-18)20(4-2)21(22)23/h4,16-20H,2-3,5-15H2,1H3,(H,22,23)/t16-,17-,18?,19?,20?. The maximum absolute atomic E-state index is 11.3. The first-order valence-electron chi connectivity index (χ1n) is 10.0. The zero-order valence-corrected chi connectivity index (χ0v) is 15.0. The third kappa shape index (κ3) is 5.36. The number of hydrogen-bond acceptors (Lipinski definition) is 1. The molecule has 0 aliphatic heterocycles. The lowest BCUT2D eigenvalue weighted by Gasteiger charge is -2.38. The summed E-state index contributed by atoms with van der Waals surface area (Å²) in [6.45, 7) is 6.01. The van der Waals surface area contributed by atoms with Gasteiger partial charge in [-0.05, 0) is 62.2 Å². The van der Waals surface area contributed by atoms with Crippen LogP contribution in [-0.2, 0) is 4.79 Å². The van der Waals surface area contributed by atoms with Gasteiger partial charge in [0.15, 0.2) is 0 Å². The highest BCUT2D eigenvalue weighted by molar-refractivity contribution is 5.72. The van der Waals surface area contributed by atoms with Gasteiger partial charge in [-0.25, -0.2) is 0 Å². The molecule has 0 radical (unpaired) electrons. The zero-order valence-electron chi connectivity index (χ0n) is 15.0. The molecule has 0 spiro atoms. The molecule has 2 aliphatic rings. The lowest BCUT2D eigenvalue weighted by atomic mass is 9.67. The van der Waals surface area contributed by atoms with E-state index in [1.807, 2.05) is 0 Å². The molecule has 2 rings (SSSR count). The molecule has 0 aromatic heterocycles. The van der Waals surface area contributed by atoms with E-state index in [1.165, 1.54) is 64.2 Å².